The van der Waals surface area contributed by atoms with E-state index in [2.05, 4.69) is 44.9 Å². The van der Waals surface area contributed by atoms with E-state index in [1.807, 2.05) is 17.3 Å². The van der Waals surface area contributed by atoms with Crippen LogP contribution in [-0.4, -0.2) is 58.1 Å². The van der Waals surface area contributed by atoms with E-state index in [0.29, 0.717) is 25.6 Å². The summed E-state index contributed by atoms with van der Waals surface area (Å²) >= 11 is 0. The van der Waals surface area contributed by atoms with Crippen LogP contribution < -0.4 is 0 Å². The molecule has 0 aliphatic carbocycles. The highest BCUT2D eigenvalue weighted by Crippen LogP contribution is 2.22. The van der Waals surface area contributed by atoms with Gasteiger partial charge in [-0.25, -0.2) is 0 Å². The van der Waals surface area contributed by atoms with Crippen molar-refractivity contribution < 1.29 is 9.53 Å². The largest absolute Gasteiger partial charge is 0.378 e. The zero-order valence-electron chi connectivity index (χ0n) is 15.1. The average molecular weight is 354 g/mol. The maximum atomic E-state index is 12.7. The minimum Gasteiger partial charge on any atom is -0.378 e. The third kappa shape index (κ3) is 4.14. The Hall–Kier alpha value is -2.18. The van der Waals surface area contributed by atoms with Gasteiger partial charge in [-0.15, -0.1) is 0 Å². The van der Waals surface area contributed by atoms with Gasteiger partial charge in [-0.05, 0) is 35.7 Å². The standard InChI is InChI=1S/C20H26N4O2/c25-20(23-8-10-26-11-9-23)12-18-14-22(13-17-3-5-21-6-4-17)16-19-2-1-7-24(19)15-18/h1-7,18H,8-16H2/t18-/m1/s1. The van der Waals surface area contributed by atoms with E-state index in [1.165, 1.54) is 11.3 Å². The highest BCUT2D eigenvalue weighted by molar-refractivity contribution is 5.76. The van der Waals surface area contributed by atoms with E-state index in [-0.39, 0.29) is 5.91 Å². The Balaban J connectivity index is 1.46. The van der Waals surface area contributed by atoms with Crippen LogP contribution in [0.25, 0.3) is 0 Å². The molecule has 6 nitrogen and oxygen atoms in total. The lowest BCUT2D eigenvalue weighted by atomic mass is 10.0. The van der Waals surface area contributed by atoms with Gasteiger partial charge in [0.1, 0.15) is 0 Å². The second-order valence-electron chi connectivity index (χ2n) is 7.24. The maximum Gasteiger partial charge on any atom is 0.223 e. The molecule has 6 heteroatoms. The zero-order chi connectivity index (χ0) is 17.8. The van der Waals surface area contributed by atoms with Crippen molar-refractivity contribution in [1.82, 2.24) is 19.4 Å². The smallest absolute Gasteiger partial charge is 0.223 e. The first-order valence-corrected chi connectivity index (χ1v) is 9.39. The highest BCUT2D eigenvalue weighted by atomic mass is 16.5. The number of pyridine rings is 1. The van der Waals surface area contributed by atoms with Gasteiger partial charge < -0.3 is 14.2 Å². The second kappa shape index (κ2) is 8.01. The average Bonchev–Trinajstić information content (AvgIpc) is 3.03. The van der Waals surface area contributed by atoms with Crippen LogP contribution in [0.2, 0.25) is 0 Å². The lowest BCUT2D eigenvalue weighted by molar-refractivity contribution is -0.136. The van der Waals surface area contributed by atoms with Crippen LogP contribution in [0.4, 0.5) is 0 Å². The number of nitrogens with zero attached hydrogens (tertiary/aromatic N) is 4. The van der Waals surface area contributed by atoms with Gasteiger partial charge in [0, 0.05) is 70.0 Å². The fourth-order valence-corrected chi connectivity index (χ4v) is 3.95. The molecule has 4 heterocycles. The van der Waals surface area contributed by atoms with Crippen molar-refractivity contribution >= 4 is 5.91 Å². The van der Waals surface area contributed by atoms with E-state index < -0.39 is 0 Å². The summed E-state index contributed by atoms with van der Waals surface area (Å²) < 4.78 is 7.68. The lowest BCUT2D eigenvalue weighted by Crippen LogP contribution is -2.42. The molecule has 1 atom stereocenters. The Labute approximate surface area is 154 Å². The van der Waals surface area contributed by atoms with Gasteiger partial charge in [0.2, 0.25) is 5.91 Å². The molecule has 1 fully saturated rings. The molecule has 4 rings (SSSR count). The third-order valence-electron chi connectivity index (χ3n) is 5.26. The van der Waals surface area contributed by atoms with Crippen LogP contribution in [0.5, 0.6) is 0 Å². The summed E-state index contributed by atoms with van der Waals surface area (Å²) in [5, 5.41) is 0. The van der Waals surface area contributed by atoms with Gasteiger partial charge in [-0.1, -0.05) is 0 Å². The van der Waals surface area contributed by atoms with Crippen LogP contribution in [0.3, 0.4) is 0 Å². The molecular weight excluding hydrogens is 328 g/mol. The van der Waals surface area contributed by atoms with Crippen LogP contribution in [0, 0.1) is 5.92 Å². The number of amides is 1. The van der Waals surface area contributed by atoms with Crippen molar-refractivity contribution in [2.75, 3.05) is 32.8 Å². The van der Waals surface area contributed by atoms with Crippen molar-refractivity contribution in [3.63, 3.8) is 0 Å². The van der Waals surface area contributed by atoms with Crippen LogP contribution in [0.15, 0.2) is 42.9 Å². The van der Waals surface area contributed by atoms with Crippen molar-refractivity contribution in [1.29, 1.82) is 0 Å². The molecule has 0 unspecified atom stereocenters. The molecule has 2 aromatic rings. The highest BCUT2D eigenvalue weighted by Gasteiger charge is 2.26. The van der Waals surface area contributed by atoms with E-state index in [4.69, 9.17) is 4.74 Å². The molecule has 1 amide bonds. The fraction of sp³-hybridized carbons (Fsp3) is 0.500. The number of morpholine rings is 1. The molecule has 0 radical (unpaired) electrons. The summed E-state index contributed by atoms with van der Waals surface area (Å²) in [5.74, 6) is 0.582. The molecule has 26 heavy (non-hydrogen) atoms. The molecule has 2 aromatic heterocycles. The van der Waals surface area contributed by atoms with Gasteiger partial charge in [-0.2, -0.15) is 0 Å². The maximum absolute atomic E-state index is 12.7. The number of ether oxygens (including phenoxy) is 1. The predicted octanol–water partition coefficient (Wildman–Crippen LogP) is 1.76. The van der Waals surface area contributed by atoms with Gasteiger partial charge in [0.25, 0.3) is 0 Å². The first kappa shape index (κ1) is 17.2. The SMILES string of the molecule is O=C(C[C@@H]1CN(Cc2ccncc2)Cc2cccn2C1)N1CCOCC1. The zero-order valence-corrected chi connectivity index (χ0v) is 15.1. The number of rotatable bonds is 4. The minimum absolute atomic E-state index is 0.262. The lowest BCUT2D eigenvalue weighted by Gasteiger charge is -2.29. The summed E-state index contributed by atoms with van der Waals surface area (Å²) in [6.07, 6.45) is 6.42. The molecule has 0 aromatic carbocycles. The minimum atomic E-state index is 0.262. The van der Waals surface area contributed by atoms with Crippen molar-refractivity contribution in [3.8, 4) is 0 Å². The Kier molecular flexibility index (Phi) is 5.32. The number of aromatic nitrogens is 2. The summed E-state index contributed by atoms with van der Waals surface area (Å²) in [5.41, 5.74) is 2.58. The van der Waals surface area contributed by atoms with Crippen molar-refractivity contribution in [3.05, 3.63) is 54.1 Å². The Morgan fingerprint density at radius 3 is 2.77 bits per heavy atom. The normalized spacial score (nSPS) is 21.2. The Morgan fingerprint density at radius 1 is 1.15 bits per heavy atom. The first-order chi connectivity index (χ1) is 12.8. The van der Waals surface area contributed by atoms with Gasteiger partial charge in [0.15, 0.2) is 0 Å². The first-order valence-electron chi connectivity index (χ1n) is 9.39. The molecular formula is C20H26N4O2. The van der Waals surface area contributed by atoms with Crippen LogP contribution in [0.1, 0.15) is 17.7 Å². The fourth-order valence-electron chi connectivity index (χ4n) is 3.95. The van der Waals surface area contributed by atoms with Crippen LogP contribution >= 0.6 is 0 Å². The Morgan fingerprint density at radius 2 is 1.96 bits per heavy atom. The topological polar surface area (TPSA) is 50.6 Å². The number of fused-ring (bicyclic) bond motifs is 1. The molecule has 0 N–H and O–H groups in total. The Bertz CT molecular complexity index is 724. The van der Waals surface area contributed by atoms with Gasteiger partial charge in [-0.3, -0.25) is 14.7 Å². The molecule has 0 bridgehead atoms. The summed E-state index contributed by atoms with van der Waals surface area (Å²) in [6.45, 7) is 6.40. The van der Waals surface area contributed by atoms with Crippen LogP contribution in [-0.2, 0) is 29.2 Å². The quantitative estimate of drug-likeness (QED) is 0.840. The monoisotopic (exact) mass is 354 g/mol. The molecule has 2 aliphatic rings. The molecule has 0 saturated carbocycles. The van der Waals surface area contributed by atoms with E-state index in [0.717, 1.165) is 39.3 Å². The number of hydrogen-bond donors (Lipinski definition) is 0. The number of carbonyl (C=O) groups excluding carboxylic acids is 1. The van der Waals surface area contributed by atoms with Crippen molar-refractivity contribution in [2.45, 2.75) is 26.1 Å². The predicted molar refractivity (Wildman–Crippen MR) is 98.3 cm³/mol. The summed E-state index contributed by atoms with van der Waals surface area (Å²) in [7, 11) is 0. The van der Waals surface area contributed by atoms with E-state index in [9.17, 15) is 4.79 Å². The summed E-state index contributed by atoms with van der Waals surface area (Å²) in [4.78, 5) is 21.2. The third-order valence-corrected chi connectivity index (χ3v) is 5.26. The number of hydrogen-bond acceptors (Lipinski definition) is 4. The molecule has 2 aliphatic heterocycles. The van der Waals surface area contributed by atoms with Gasteiger partial charge >= 0.3 is 0 Å². The second-order valence-corrected chi connectivity index (χ2v) is 7.24. The van der Waals surface area contributed by atoms with Crippen molar-refractivity contribution in [2.24, 2.45) is 5.92 Å². The molecule has 0 spiro atoms. The molecule has 138 valence electrons. The summed E-state index contributed by atoms with van der Waals surface area (Å²) in [6, 6.07) is 8.42. The number of carbonyl (C=O) groups is 1. The van der Waals surface area contributed by atoms with E-state index in [1.54, 1.807) is 0 Å². The van der Waals surface area contributed by atoms with E-state index >= 15 is 0 Å². The van der Waals surface area contributed by atoms with Gasteiger partial charge in [0.05, 0.1) is 13.2 Å². The molecule has 1 saturated heterocycles.